The molecule has 4 atom stereocenters. The molecule has 2 aliphatic rings. The number of hydrogen-bond donors (Lipinski definition) is 2. The van der Waals surface area contributed by atoms with Gasteiger partial charge < -0.3 is 10.2 Å². The molecule has 3 nitrogen and oxygen atoms in total. The highest BCUT2D eigenvalue weighted by atomic mass is 16.3. The lowest BCUT2D eigenvalue weighted by Crippen LogP contribution is -2.70. The molecule has 2 N–H and O–H groups in total. The van der Waals surface area contributed by atoms with Crippen molar-refractivity contribution < 1.29 is 10.2 Å². The van der Waals surface area contributed by atoms with Crippen LogP contribution in [0.2, 0.25) is 0 Å². The average Bonchev–Trinajstić information content (AvgIpc) is 2.35. The predicted molar refractivity (Wildman–Crippen MR) is 63.9 cm³/mol. The summed E-state index contributed by atoms with van der Waals surface area (Å²) >= 11 is 0. The molecule has 0 saturated carbocycles. The number of nitrogens with zero attached hydrogens (tertiary/aromatic N) is 1. The Morgan fingerprint density at radius 2 is 1.69 bits per heavy atom. The van der Waals surface area contributed by atoms with Gasteiger partial charge in [0.05, 0.1) is 6.10 Å². The fourth-order valence-corrected chi connectivity index (χ4v) is 4.58. The Morgan fingerprint density at radius 1 is 1.19 bits per heavy atom. The Balaban J connectivity index is 2.57. The average molecular weight is 227 g/mol. The van der Waals surface area contributed by atoms with E-state index in [-0.39, 0.29) is 11.5 Å². The minimum Gasteiger partial charge on any atom is -0.392 e. The highest BCUT2D eigenvalue weighted by molar-refractivity contribution is 5.17. The van der Waals surface area contributed by atoms with Crippen molar-refractivity contribution in [1.29, 1.82) is 0 Å². The first-order valence-corrected chi connectivity index (χ1v) is 6.20. The fraction of sp³-hybridized carbons (Fsp3) is 1.00. The number of aliphatic hydroxyl groups excluding tert-OH is 1. The molecule has 2 fully saturated rings. The van der Waals surface area contributed by atoms with E-state index >= 15 is 0 Å². The van der Waals surface area contributed by atoms with Gasteiger partial charge in [0.25, 0.3) is 0 Å². The summed E-state index contributed by atoms with van der Waals surface area (Å²) in [4.78, 5) is 2.09. The largest absolute Gasteiger partial charge is 0.392 e. The third-order valence-corrected chi connectivity index (χ3v) is 5.33. The van der Waals surface area contributed by atoms with Crippen LogP contribution in [-0.4, -0.2) is 40.0 Å². The maximum absolute atomic E-state index is 10.9. The lowest BCUT2D eigenvalue weighted by atomic mass is 9.62. The Morgan fingerprint density at radius 3 is 2.19 bits per heavy atom. The molecule has 16 heavy (non-hydrogen) atoms. The van der Waals surface area contributed by atoms with E-state index in [4.69, 9.17) is 0 Å². The van der Waals surface area contributed by atoms with E-state index in [2.05, 4.69) is 25.7 Å². The van der Waals surface area contributed by atoms with E-state index < -0.39 is 17.2 Å². The SMILES string of the molecule is CC1C[C@]2(O)N(C)C1C(C)(C)C(O)C2(C)C. The van der Waals surface area contributed by atoms with Crippen molar-refractivity contribution in [3.63, 3.8) is 0 Å². The molecule has 3 heteroatoms. The van der Waals surface area contributed by atoms with Crippen molar-refractivity contribution in [3.8, 4) is 0 Å². The molecule has 2 saturated heterocycles. The molecule has 2 heterocycles. The maximum atomic E-state index is 10.9. The van der Waals surface area contributed by atoms with Crippen LogP contribution in [0, 0.1) is 16.7 Å². The van der Waals surface area contributed by atoms with Gasteiger partial charge in [0.15, 0.2) is 0 Å². The van der Waals surface area contributed by atoms with Crippen molar-refractivity contribution in [2.45, 2.75) is 58.9 Å². The van der Waals surface area contributed by atoms with Gasteiger partial charge in [0.1, 0.15) is 5.72 Å². The second kappa shape index (κ2) is 3.01. The normalized spacial score (nSPS) is 50.6. The van der Waals surface area contributed by atoms with Crippen LogP contribution in [-0.2, 0) is 0 Å². The summed E-state index contributed by atoms with van der Waals surface area (Å²) in [5.41, 5.74) is -1.54. The summed E-state index contributed by atoms with van der Waals surface area (Å²) in [7, 11) is 1.99. The van der Waals surface area contributed by atoms with E-state index in [9.17, 15) is 10.2 Å². The van der Waals surface area contributed by atoms with Crippen LogP contribution >= 0.6 is 0 Å². The van der Waals surface area contributed by atoms with Crippen LogP contribution in [0.15, 0.2) is 0 Å². The van der Waals surface area contributed by atoms with Crippen LogP contribution in [0.3, 0.4) is 0 Å². The van der Waals surface area contributed by atoms with Gasteiger partial charge in [-0.2, -0.15) is 0 Å². The minimum absolute atomic E-state index is 0.180. The lowest BCUT2D eigenvalue weighted by molar-refractivity contribution is -0.262. The summed E-state index contributed by atoms with van der Waals surface area (Å²) in [5, 5.41) is 21.4. The van der Waals surface area contributed by atoms with Crippen molar-refractivity contribution in [3.05, 3.63) is 0 Å². The van der Waals surface area contributed by atoms with Gasteiger partial charge in [0.2, 0.25) is 0 Å². The number of hydrogen-bond acceptors (Lipinski definition) is 3. The standard InChI is InChI=1S/C13H25NO2/c1-8-7-13(16)12(4,5)10(15)11(2,3)9(8)14(13)6/h8-10,15-16H,7H2,1-6H3/t8?,9?,10?,13-/m1/s1. The fourth-order valence-electron chi connectivity index (χ4n) is 4.58. The summed E-state index contributed by atoms with van der Waals surface area (Å²) in [5.74, 6) is 0.418. The Labute approximate surface area is 98.5 Å². The van der Waals surface area contributed by atoms with E-state index in [1.807, 2.05) is 20.9 Å². The van der Waals surface area contributed by atoms with Crippen molar-refractivity contribution in [1.82, 2.24) is 4.90 Å². The van der Waals surface area contributed by atoms with Crippen LogP contribution in [0.25, 0.3) is 0 Å². The van der Waals surface area contributed by atoms with Crippen molar-refractivity contribution in [2.24, 2.45) is 16.7 Å². The molecule has 0 aromatic rings. The van der Waals surface area contributed by atoms with Crippen LogP contribution < -0.4 is 0 Å². The second-order valence-electron chi connectivity index (χ2n) is 7.00. The highest BCUT2D eigenvalue weighted by Crippen LogP contribution is 2.60. The molecule has 3 unspecified atom stereocenters. The molecule has 0 spiro atoms. The Hall–Kier alpha value is -0.120. The number of fused-ring (bicyclic) bond motifs is 2. The molecule has 2 bridgehead atoms. The van der Waals surface area contributed by atoms with Gasteiger partial charge in [-0.1, -0.05) is 34.6 Å². The van der Waals surface area contributed by atoms with Gasteiger partial charge in [-0.3, -0.25) is 4.90 Å². The minimum atomic E-state index is -0.869. The molecule has 0 aliphatic carbocycles. The summed E-state index contributed by atoms with van der Waals surface area (Å²) in [6, 6.07) is 0.250. The smallest absolute Gasteiger partial charge is 0.126 e. The second-order valence-corrected chi connectivity index (χ2v) is 7.00. The molecular weight excluding hydrogens is 202 g/mol. The Bertz CT molecular complexity index is 313. The zero-order valence-corrected chi connectivity index (χ0v) is 11.3. The summed E-state index contributed by atoms with van der Waals surface area (Å²) in [6.07, 6.45) is 0.276. The summed E-state index contributed by atoms with van der Waals surface area (Å²) < 4.78 is 0. The zero-order chi connectivity index (χ0) is 12.5. The van der Waals surface area contributed by atoms with E-state index in [1.165, 1.54) is 0 Å². The van der Waals surface area contributed by atoms with Gasteiger partial charge in [0, 0.05) is 16.9 Å². The van der Waals surface area contributed by atoms with Crippen LogP contribution in [0.5, 0.6) is 0 Å². The molecule has 0 radical (unpaired) electrons. The van der Waals surface area contributed by atoms with Crippen molar-refractivity contribution >= 4 is 0 Å². The van der Waals surface area contributed by atoms with E-state index in [0.29, 0.717) is 5.92 Å². The number of piperidine rings is 1. The topological polar surface area (TPSA) is 43.7 Å². The monoisotopic (exact) mass is 227 g/mol. The maximum Gasteiger partial charge on any atom is 0.126 e. The third-order valence-electron chi connectivity index (χ3n) is 5.33. The molecular formula is C13H25NO2. The first kappa shape index (κ1) is 12.3. The molecule has 0 aromatic carbocycles. The molecule has 94 valence electrons. The molecule has 2 rings (SSSR count). The van der Waals surface area contributed by atoms with Gasteiger partial charge in [-0.05, 0) is 19.4 Å². The molecule has 0 amide bonds. The quantitative estimate of drug-likeness (QED) is 0.658. The zero-order valence-electron chi connectivity index (χ0n) is 11.3. The van der Waals surface area contributed by atoms with Crippen LogP contribution in [0.4, 0.5) is 0 Å². The van der Waals surface area contributed by atoms with E-state index in [1.54, 1.807) is 0 Å². The van der Waals surface area contributed by atoms with Crippen molar-refractivity contribution in [2.75, 3.05) is 7.05 Å². The van der Waals surface area contributed by atoms with Gasteiger partial charge in [-0.25, -0.2) is 0 Å². The summed E-state index contributed by atoms with van der Waals surface area (Å²) in [6.45, 7) is 10.4. The lowest BCUT2D eigenvalue weighted by Gasteiger charge is -2.59. The first-order valence-electron chi connectivity index (χ1n) is 6.20. The molecule has 0 aromatic heterocycles. The Kier molecular flexibility index (Phi) is 2.32. The highest BCUT2D eigenvalue weighted by Gasteiger charge is 2.68. The van der Waals surface area contributed by atoms with Gasteiger partial charge in [-0.15, -0.1) is 0 Å². The third kappa shape index (κ3) is 1.09. The van der Waals surface area contributed by atoms with Crippen LogP contribution in [0.1, 0.15) is 41.0 Å². The molecule has 2 aliphatic heterocycles. The first-order chi connectivity index (χ1) is 7.07. The predicted octanol–water partition coefficient (Wildman–Crippen LogP) is 1.44. The van der Waals surface area contributed by atoms with Gasteiger partial charge >= 0.3 is 0 Å². The number of aliphatic hydroxyl groups is 2. The van der Waals surface area contributed by atoms with E-state index in [0.717, 1.165) is 6.42 Å². The number of rotatable bonds is 0.